The number of hydrogen-bond donors (Lipinski definition) is 1. The van der Waals surface area contributed by atoms with Gasteiger partial charge in [-0.1, -0.05) is 26.8 Å². The maximum atomic E-state index is 14.6. The zero-order valence-electron chi connectivity index (χ0n) is 14.6. The van der Waals surface area contributed by atoms with Crippen LogP contribution in [-0.2, 0) is 11.0 Å². The first kappa shape index (κ1) is 18.0. The molecule has 1 amide bonds. The fraction of sp³-hybridized carbons (Fsp3) is 0.368. The molecule has 128 valence electrons. The van der Waals surface area contributed by atoms with E-state index < -0.39 is 23.1 Å². The predicted octanol–water partition coefficient (Wildman–Crippen LogP) is 4.32. The molecular formula is C19H22F2N2O. The largest absolute Gasteiger partial charge is 0.342 e. The Kier molecular flexibility index (Phi) is 4.74. The summed E-state index contributed by atoms with van der Waals surface area (Å²) in [5.74, 6) is -1.84. The highest BCUT2D eigenvalue weighted by Crippen LogP contribution is 2.31. The van der Waals surface area contributed by atoms with Crippen LogP contribution in [0.3, 0.4) is 0 Å². The van der Waals surface area contributed by atoms with Gasteiger partial charge in [-0.05, 0) is 49.1 Å². The van der Waals surface area contributed by atoms with Gasteiger partial charge in [0.05, 0.1) is 5.54 Å². The third-order valence-electron chi connectivity index (χ3n) is 3.86. The number of carbonyl (C=O) groups excluding carboxylic acids is 1. The lowest BCUT2D eigenvalue weighted by Gasteiger charge is -2.29. The molecule has 5 heteroatoms. The molecule has 3 nitrogen and oxygen atoms in total. The van der Waals surface area contributed by atoms with Gasteiger partial charge in [0, 0.05) is 11.8 Å². The van der Waals surface area contributed by atoms with Crippen molar-refractivity contribution in [3.05, 3.63) is 65.0 Å². The zero-order chi connectivity index (χ0) is 18.1. The second kappa shape index (κ2) is 6.30. The lowest BCUT2D eigenvalue weighted by atomic mass is 9.84. The van der Waals surface area contributed by atoms with Gasteiger partial charge in [-0.25, -0.2) is 8.78 Å². The minimum atomic E-state index is -1.22. The number of benzene rings is 1. The number of hydrogen-bond acceptors (Lipinski definition) is 2. The first-order valence-corrected chi connectivity index (χ1v) is 7.76. The minimum Gasteiger partial charge on any atom is -0.342 e. The smallest absolute Gasteiger partial charge is 0.270 e. The summed E-state index contributed by atoms with van der Waals surface area (Å²) in [6.45, 7) is 8.77. The number of nitrogens with zero attached hydrogens (tertiary/aromatic N) is 1. The molecule has 24 heavy (non-hydrogen) atoms. The zero-order valence-corrected chi connectivity index (χ0v) is 14.6. The monoisotopic (exact) mass is 332 g/mol. The van der Waals surface area contributed by atoms with E-state index in [1.807, 2.05) is 20.8 Å². The van der Waals surface area contributed by atoms with Crippen LogP contribution >= 0.6 is 0 Å². The molecule has 0 fully saturated rings. The maximum Gasteiger partial charge on any atom is 0.270 e. The van der Waals surface area contributed by atoms with Crippen LogP contribution in [0.2, 0.25) is 0 Å². The van der Waals surface area contributed by atoms with Crippen LogP contribution in [0.15, 0.2) is 36.5 Å². The number of rotatable bonds is 3. The van der Waals surface area contributed by atoms with Crippen LogP contribution in [0.5, 0.6) is 0 Å². The third kappa shape index (κ3) is 3.78. The van der Waals surface area contributed by atoms with Gasteiger partial charge in [0.1, 0.15) is 17.3 Å². The molecule has 0 saturated carbocycles. The summed E-state index contributed by atoms with van der Waals surface area (Å²) in [7, 11) is 0. The molecule has 0 atom stereocenters. The second-order valence-electron chi connectivity index (χ2n) is 7.36. The van der Waals surface area contributed by atoms with Gasteiger partial charge in [-0.2, -0.15) is 0 Å². The van der Waals surface area contributed by atoms with Gasteiger partial charge in [0.25, 0.3) is 5.91 Å². The molecule has 0 unspecified atom stereocenters. The van der Waals surface area contributed by atoms with Gasteiger partial charge < -0.3 is 5.32 Å². The Morgan fingerprint density at radius 2 is 1.62 bits per heavy atom. The molecule has 1 N–H and O–H groups in total. The van der Waals surface area contributed by atoms with Crippen molar-refractivity contribution in [3.8, 4) is 0 Å². The van der Waals surface area contributed by atoms with Crippen LogP contribution < -0.4 is 5.32 Å². The topological polar surface area (TPSA) is 42.0 Å². The van der Waals surface area contributed by atoms with E-state index in [9.17, 15) is 13.6 Å². The van der Waals surface area contributed by atoms with Crippen molar-refractivity contribution < 1.29 is 13.6 Å². The molecule has 1 heterocycles. The maximum absolute atomic E-state index is 14.6. The number of carbonyl (C=O) groups is 1. The third-order valence-corrected chi connectivity index (χ3v) is 3.86. The summed E-state index contributed by atoms with van der Waals surface area (Å²) >= 11 is 0. The van der Waals surface area contributed by atoms with E-state index in [0.717, 1.165) is 0 Å². The Labute approximate surface area is 141 Å². The quantitative estimate of drug-likeness (QED) is 0.909. The normalized spacial score (nSPS) is 12.1. The average Bonchev–Trinajstić information content (AvgIpc) is 2.45. The summed E-state index contributed by atoms with van der Waals surface area (Å²) in [6.07, 6.45) is 1.49. The Bertz CT molecular complexity index is 727. The van der Waals surface area contributed by atoms with E-state index in [1.54, 1.807) is 32.0 Å². The molecule has 0 spiro atoms. The van der Waals surface area contributed by atoms with Crippen LogP contribution in [0, 0.1) is 11.6 Å². The van der Waals surface area contributed by atoms with Crippen LogP contribution in [0.1, 0.15) is 56.2 Å². The number of nitrogens with one attached hydrogen (secondary N) is 1. The van der Waals surface area contributed by atoms with Crippen molar-refractivity contribution in [2.75, 3.05) is 0 Å². The standard InChI is InChI=1S/C19H22F2N2O/c1-18(2,3)12-10-13(20)16(14(21)11-12)19(4,5)23-17(24)15-8-6-7-9-22-15/h6-11H,1-5H3,(H,23,24). The number of halogens is 2. The fourth-order valence-corrected chi connectivity index (χ4v) is 2.51. The van der Waals surface area contributed by atoms with Crippen molar-refractivity contribution in [3.63, 3.8) is 0 Å². The summed E-state index contributed by atoms with van der Waals surface area (Å²) in [5.41, 5.74) is -1.01. The van der Waals surface area contributed by atoms with Gasteiger partial charge >= 0.3 is 0 Å². The number of amides is 1. The summed E-state index contributed by atoms with van der Waals surface area (Å²) in [5, 5.41) is 2.65. The van der Waals surface area contributed by atoms with E-state index >= 15 is 0 Å². The molecule has 0 aliphatic heterocycles. The molecule has 1 aromatic heterocycles. The summed E-state index contributed by atoms with van der Waals surface area (Å²) in [6, 6.07) is 7.56. The predicted molar refractivity (Wildman–Crippen MR) is 89.8 cm³/mol. The fourth-order valence-electron chi connectivity index (χ4n) is 2.51. The Morgan fingerprint density at radius 1 is 1.04 bits per heavy atom. The van der Waals surface area contributed by atoms with Gasteiger partial charge in [0.2, 0.25) is 0 Å². The molecule has 2 aromatic rings. The lowest BCUT2D eigenvalue weighted by Crippen LogP contribution is -2.42. The average molecular weight is 332 g/mol. The van der Waals surface area contributed by atoms with Crippen molar-refractivity contribution in [2.24, 2.45) is 0 Å². The van der Waals surface area contributed by atoms with E-state index in [4.69, 9.17) is 0 Å². The van der Waals surface area contributed by atoms with Crippen molar-refractivity contribution >= 4 is 5.91 Å². The van der Waals surface area contributed by atoms with E-state index in [0.29, 0.717) is 5.56 Å². The van der Waals surface area contributed by atoms with Crippen LogP contribution in [-0.4, -0.2) is 10.9 Å². The second-order valence-corrected chi connectivity index (χ2v) is 7.36. The molecule has 0 aliphatic carbocycles. The van der Waals surface area contributed by atoms with Gasteiger partial charge in [-0.3, -0.25) is 9.78 Å². The molecule has 0 radical (unpaired) electrons. The van der Waals surface area contributed by atoms with Gasteiger partial charge in [-0.15, -0.1) is 0 Å². The molecular weight excluding hydrogens is 310 g/mol. The van der Waals surface area contributed by atoms with E-state index in [2.05, 4.69) is 10.3 Å². The molecule has 0 saturated heterocycles. The Balaban J connectivity index is 2.37. The highest BCUT2D eigenvalue weighted by atomic mass is 19.1. The molecule has 1 aromatic carbocycles. The molecule has 0 aliphatic rings. The van der Waals surface area contributed by atoms with Crippen molar-refractivity contribution in [1.29, 1.82) is 0 Å². The summed E-state index contributed by atoms with van der Waals surface area (Å²) in [4.78, 5) is 16.2. The lowest BCUT2D eigenvalue weighted by molar-refractivity contribution is 0.0904. The van der Waals surface area contributed by atoms with Crippen molar-refractivity contribution in [2.45, 2.75) is 45.6 Å². The summed E-state index contributed by atoms with van der Waals surface area (Å²) < 4.78 is 29.2. The first-order valence-electron chi connectivity index (χ1n) is 7.76. The van der Waals surface area contributed by atoms with Crippen LogP contribution in [0.25, 0.3) is 0 Å². The van der Waals surface area contributed by atoms with E-state index in [-0.39, 0.29) is 16.7 Å². The van der Waals surface area contributed by atoms with E-state index in [1.165, 1.54) is 18.3 Å². The first-order chi connectivity index (χ1) is 11.0. The molecule has 2 rings (SSSR count). The van der Waals surface area contributed by atoms with Crippen molar-refractivity contribution in [1.82, 2.24) is 10.3 Å². The highest BCUT2D eigenvalue weighted by molar-refractivity contribution is 5.92. The van der Waals surface area contributed by atoms with Crippen LogP contribution in [0.4, 0.5) is 8.78 Å². The molecule has 0 bridgehead atoms. The highest BCUT2D eigenvalue weighted by Gasteiger charge is 2.31. The Morgan fingerprint density at radius 3 is 2.08 bits per heavy atom. The number of pyridine rings is 1. The SMILES string of the molecule is CC(C)(C)c1cc(F)c(C(C)(C)NC(=O)c2ccccn2)c(F)c1. The minimum absolute atomic E-state index is 0.167. The Hall–Kier alpha value is -2.30. The van der Waals surface area contributed by atoms with Gasteiger partial charge in [0.15, 0.2) is 0 Å². The number of aromatic nitrogens is 1.